The summed E-state index contributed by atoms with van der Waals surface area (Å²) in [6.45, 7) is 2.86. The van der Waals surface area contributed by atoms with Crippen molar-refractivity contribution in [2.75, 3.05) is 19.5 Å². The summed E-state index contributed by atoms with van der Waals surface area (Å²) in [5.41, 5.74) is 7.27. The first-order valence-electron chi connectivity index (χ1n) is 5.51. The van der Waals surface area contributed by atoms with Crippen LogP contribution in [0.4, 0.5) is 0 Å². The molecule has 0 saturated carbocycles. The third-order valence-corrected chi connectivity index (χ3v) is 3.89. The molecule has 0 aromatic carbocycles. The summed E-state index contributed by atoms with van der Waals surface area (Å²) in [5.74, 6) is 1.07. The number of rotatable bonds is 7. The van der Waals surface area contributed by atoms with Crippen LogP contribution in [0.15, 0.2) is 24.5 Å². The lowest BCUT2D eigenvalue weighted by Gasteiger charge is -2.20. The number of thioether (sulfide) groups is 1. The Morgan fingerprint density at radius 1 is 1.44 bits per heavy atom. The standard InChI is InChI=1S/C12H20N2OS/c1-10(13)12(16-9-3-8-15-2)11-4-6-14-7-5-11/h4-7,10,12H,3,8-9,13H2,1-2H3. The van der Waals surface area contributed by atoms with Gasteiger partial charge in [0.2, 0.25) is 0 Å². The van der Waals surface area contributed by atoms with E-state index in [1.807, 2.05) is 36.3 Å². The van der Waals surface area contributed by atoms with Crippen molar-refractivity contribution in [2.24, 2.45) is 5.73 Å². The minimum absolute atomic E-state index is 0.148. The molecule has 0 spiro atoms. The van der Waals surface area contributed by atoms with Crippen LogP contribution in [0.2, 0.25) is 0 Å². The summed E-state index contributed by atoms with van der Waals surface area (Å²) in [4.78, 5) is 4.03. The first-order chi connectivity index (χ1) is 7.75. The van der Waals surface area contributed by atoms with Gasteiger partial charge in [0, 0.05) is 37.4 Å². The molecule has 2 N–H and O–H groups in total. The number of nitrogens with zero attached hydrogens (tertiary/aromatic N) is 1. The highest BCUT2D eigenvalue weighted by Gasteiger charge is 2.15. The lowest BCUT2D eigenvalue weighted by atomic mass is 10.1. The quantitative estimate of drug-likeness (QED) is 0.743. The minimum atomic E-state index is 0.148. The second-order valence-corrected chi connectivity index (χ2v) is 5.03. The van der Waals surface area contributed by atoms with Gasteiger partial charge >= 0.3 is 0 Å². The van der Waals surface area contributed by atoms with Crippen molar-refractivity contribution in [3.63, 3.8) is 0 Å². The van der Waals surface area contributed by atoms with Gasteiger partial charge in [0.1, 0.15) is 0 Å². The van der Waals surface area contributed by atoms with Crippen LogP contribution in [0.5, 0.6) is 0 Å². The van der Waals surface area contributed by atoms with E-state index >= 15 is 0 Å². The number of pyridine rings is 1. The van der Waals surface area contributed by atoms with Gasteiger partial charge in [-0.15, -0.1) is 0 Å². The highest BCUT2D eigenvalue weighted by Crippen LogP contribution is 2.31. The van der Waals surface area contributed by atoms with Crippen LogP contribution in [0, 0.1) is 0 Å². The highest BCUT2D eigenvalue weighted by atomic mass is 32.2. The van der Waals surface area contributed by atoms with Gasteiger partial charge < -0.3 is 10.5 Å². The highest BCUT2D eigenvalue weighted by molar-refractivity contribution is 7.99. The average Bonchev–Trinajstić information content (AvgIpc) is 2.30. The largest absolute Gasteiger partial charge is 0.385 e. The molecule has 0 saturated heterocycles. The first kappa shape index (κ1) is 13.5. The minimum Gasteiger partial charge on any atom is -0.385 e. The molecular formula is C12H20N2OS. The normalized spacial score (nSPS) is 14.7. The molecule has 0 aliphatic heterocycles. The number of ether oxygens (including phenoxy) is 1. The van der Waals surface area contributed by atoms with E-state index in [9.17, 15) is 0 Å². The van der Waals surface area contributed by atoms with Crippen molar-refractivity contribution < 1.29 is 4.74 Å². The van der Waals surface area contributed by atoms with E-state index in [-0.39, 0.29) is 6.04 Å². The van der Waals surface area contributed by atoms with Crippen molar-refractivity contribution in [3.05, 3.63) is 30.1 Å². The summed E-state index contributed by atoms with van der Waals surface area (Å²) in [6.07, 6.45) is 4.70. The fourth-order valence-electron chi connectivity index (χ4n) is 1.52. The van der Waals surface area contributed by atoms with E-state index in [2.05, 4.69) is 11.9 Å². The average molecular weight is 240 g/mol. The molecule has 3 nitrogen and oxygen atoms in total. The second-order valence-electron chi connectivity index (χ2n) is 3.78. The molecule has 1 rings (SSSR count). The topological polar surface area (TPSA) is 48.1 Å². The van der Waals surface area contributed by atoms with E-state index in [1.165, 1.54) is 5.56 Å². The molecule has 1 aromatic heterocycles. The van der Waals surface area contributed by atoms with Gasteiger partial charge in [-0.1, -0.05) is 0 Å². The maximum absolute atomic E-state index is 6.01. The molecule has 0 bridgehead atoms. The Labute approximate surface area is 102 Å². The molecule has 2 atom stereocenters. The zero-order valence-electron chi connectivity index (χ0n) is 9.93. The van der Waals surface area contributed by atoms with E-state index in [0.29, 0.717) is 5.25 Å². The third kappa shape index (κ3) is 4.51. The number of hydrogen-bond donors (Lipinski definition) is 1. The van der Waals surface area contributed by atoms with Gasteiger partial charge in [-0.2, -0.15) is 11.8 Å². The Bertz CT molecular complexity index is 280. The first-order valence-corrected chi connectivity index (χ1v) is 6.56. The van der Waals surface area contributed by atoms with Gasteiger partial charge in [-0.05, 0) is 36.8 Å². The summed E-state index contributed by atoms with van der Waals surface area (Å²) in [7, 11) is 1.73. The van der Waals surface area contributed by atoms with Crippen LogP contribution in [-0.2, 0) is 4.74 Å². The smallest absolute Gasteiger partial charge is 0.0470 e. The lowest BCUT2D eigenvalue weighted by Crippen LogP contribution is -2.23. The van der Waals surface area contributed by atoms with E-state index in [0.717, 1.165) is 18.8 Å². The van der Waals surface area contributed by atoms with Crippen LogP contribution in [0.3, 0.4) is 0 Å². The second kappa shape index (κ2) is 7.65. The maximum Gasteiger partial charge on any atom is 0.0470 e. The fraction of sp³-hybridized carbons (Fsp3) is 0.583. The van der Waals surface area contributed by atoms with E-state index in [1.54, 1.807) is 7.11 Å². The lowest BCUT2D eigenvalue weighted by molar-refractivity contribution is 0.200. The van der Waals surface area contributed by atoms with Crippen LogP contribution in [-0.4, -0.2) is 30.5 Å². The van der Waals surface area contributed by atoms with Gasteiger partial charge in [0.25, 0.3) is 0 Å². The molecule has 0 radical (unpaired) electrons. The van der Waals surface area contributed by atoms with Crippen molar-refractivity contribution in [1.29, 1.82) is 0 Å². The molecule has 0 aliphatic carbocycles. The summed E-state index contributed by atoms with van der Waals surface area (Å²) >= 11 is 1.89. The van der Waals surface area contributed by atoms with Gasteiger partial charge in [-0.25, -0.2) is 0 Å². The van der Waals surface area contributed by atoms with Gasteiger partial charge in [-0.3, -0.25) is 4.98 Å². The van der Waals surface area contributed by atoms with Crippen molar-refractivity contribution in [1.82, 2.24) is 4.98 Å². The Morgan fingerprint density at radius 3 is 2.69 bits per heavy atom. The van der Waals surface area contributed by atoms with E-state index < -0.39 is 0 Å². The monoisotopic (exact) mass is 240 g/mol. The summed E-state index contributed by atoms with van der Waals surface area (Å²) in [6, 6.07) is 4.23. The molecular weight excluding hydrogens is 220 g/mol. The molecule has 1 heterocycles. The zero-order valence-corrected chi connectivity index (χ0v) is 10.7. The Balaban J connectivity index is 2.49. The molecule has 90 valence electrons. The number of hydrogen-bond acceptors (Lipinski definition) is 4. The van der Waals surface area contributed by atoms with Gasteiger partial charge in [0.05, 0.1) is 0 Å². The van der Waals surface area contributed by atoms with Crippen LogP contribution in [0.1, 0.15) is 24.2 Å². The number of methoxy groups -OCH3 is 1. The van der Waals surface area contributed by atoms with Crippen LogP contribution in [0.25, 0.3) is 0 Å². The SMILES string of the molecule is COCCCSC(c1ccncc1)C(C)N. The molecule has 16 heavy (non-hydrogen) atoms. The molecule has 4 heteroatoms. The third-order valence-electron chi connectivity index (χ3n) is 2.30. The van der Waals surface area contributed by atoms with Crippen LogP contribution >= 0.6 is 11.8 Å². The number of aromatic nitrogens is 1. The Kier molecular flexibility index (Phi) is 6.45. The maximum atomic E-state index is 6.01. The predicted molar refractivity (Wildman–Crippen MR) is 69.6 cm³/mol. The molecule has 2 unspecified atom stereocenters. The summed E-state index contributed by atoms with van der Waals surface area (Å²) < 4.78 is 5.04. The van der Waals surface area contributed by atoms with Crippen LogP contribution < -0.4 is 5.73 Å². The van der Waals surface area contributed by atoms with Gasteiger partial charge in [0.15, 0.2) is 0 Å². The molecule has 0 aliphatic rings. The van der Waals surface area contributed by atoms with Crippen molar-refractivity contribution in [3.8, 4) is 0 Å². The summed E-state index contributed by atoms with van der Waals surface area (Å²) in [5, 5.41) is 0.347. The Morgan fingerprint density at radius 2 is 2.12 bits per heavy atom. The predicted octanol–water partition coefficient (Wildman–Crippen LogP) is 2.24. The molecule has 1 aromatic rings. The van der Waals surface area contributed by atoms with E-state index in [4.69, 9.17) is 10.5 Å². The number of nitrogens with two attached hydrogens (primary N) is 1. The molecule has 0 fully saturated rings. The zero-order chi connectivity index (χ0) is 11.8. The molecule has 0 amide bonds. The van der Waals surface area contributed by atoms with Crippen molar-refractivity contribution in [2.45, 2.75) is 24.6 Å². The fourth-order valence-corrected chi connectivity index (χ4v) is 2.71. The van der Waals surface area contributed by atoms with Crippen molar-refractivity contribution >= 4 is 11.8 Å². The Hall–Kier alpha value is -0.580.